The Labute approximate surface area is 157 Å². The van der Waals surface area contributed by atoms with E-state index in [1.807, 2.05) is 46.8 Å². The maximum absolute atomic E-state index is 12.8. The van der Waals surface area contributed by atoms with Crippen molar-refractivity contribution in [1.82, 2.24) is 9.88 Å². The molecule has 136 valence electrons. The fraction of sp³-hybridized carbons (Fsp3) is 0.400. The summed E-state index contributed by atoms with van der Waals surface area (Å²) in [7, 11) is 0. The molecule has 26 heavy (non-hydrogen) atoms. The number of carbonyl (C=O) groups excluding carboxylic acids is 1. The highest BCUT2D eigenvalue weighted by molar-refractivity contribution is 7.10. The lowest BCUT2D eigenvalue weighted by Crippen LogP contribution is -2.45. The minimum Gasteiger partial charge on any atom is -0.374 e. The van der Waals surface area contributed by atoms with Crippen molar-refractivity contribution < 1.29 is 14.3 Å². The molecule has 4 rings (SSSR count). The molecular weight excluding hydrogens is 348 g/mol. The summed E-state index contributed by atoms with van der Waals surface area (Å²) >= 11 is 1.62. The van der Waals surface area contributed by atoms with Crippen LogP contribution in [0.1, 0.15) is 23.3 Å². The Morgan fingerprint density at radius 3 is 3.15 bits per heavy atom. The fourth-order valence-electron chi connectivity index (χ4n) is 3.69. The number of amides is 1. The summed E-state index contributed by atoms with van der Waals surface area (Å²) < 4.78 is 12.2. The molecule has 0 N–H and O–H groups in total. The van der Waals surface area contributed by atoms with Crippen molar-refractivity contribution in [3.8, 4) is 0 Å². The summed E-state index contributed by atoms with van der Waals surface area (Å²) in [5.74, 6) is 0.0320. The molecule has 1 aliphatic heterocycles. The van der Waals surface area contributed by atoms with E-state index in [9.17, 15) is 4.79 Å². The maximum atomic E-state index is 12.8. The molecule has 2 aromatic heterocycles. The molecule has 3 heterocycles. The summed E-state index contributed by atoms with van der Waals surface area (Å²) in [4.78, 5) is 19.9. The molecule has 0 spiro atoms. The molecule has 1 aliphatic carbocycles. The number of hydrogen-bond acceptors (Lipinski definition) is 5. The molecule has 0 unspecified atom stereocenters. The number of pyridine rings is 1. The molecule has 3 atom stereocenters. The van der Waals surface area contributed by atoms with Crippen molar-refractivity contribution in [2.24, 2.45) is 0 Å². The second kappa shape index (κ2) is 8.12. The SMILES string of the molecule is O=C(/C=C/c1cccs1)N1CCO[C@H]2CC[C@H]1[C@H]2OCc1cccnc1. The Hall–Kier alpha value is -2.02. The first-order chi connectivity index (χ1) is 12.8. The Balaban J connectivity index is 1.45. The van der Waals surface area contributed by atoms with Crippen LogP contribution in [0.15, 0.2) is 48.1 Å². The average Bonchev–Trinajstić information content (AvgIpc) is 3.27. The van der Waals surface area contributed by atoms with Gasteiger partial charge in [0.1, 0.15) is 6.10 Å². The van der Waals surface area contributed by atoms with E-state index in [0.29, 0.717) is 19.8 Å². The first-order valence-electron chi connectivity index (χ1n) is 8.95. The lowest BCUT2D eigenvalue weighted by molar-refractivity contribution is -0.130. The van der Waals surface area contributed by atoms with E-state index in [1.54, 1.807) is 23.6 Å². The Morgan fingerprint density at radius 2 is 2.35 bits per heavy atom. The van der Waals surface area contributed by atoms with Crippen LogP contribution in [-0.2, 0) is 20.9 Å². The predicted molar refractivity (Wildman–Crippen MR) is 101 cm³/mol. The number of ether oxygens (including phenoxy) is 2. The number of thiophene rings is 1. The molecule has 2 fully saturated rings. The maximum Gasteiger partial charge on any atom is 0.247 e. The van der Waals surface area contributed by atoms with Crippen LogP contribution in [0.3, 0.4) is 0 Å². The molecular formula is C20H22N2O3S. The number of carbonyl (C=O) groups is 1. The molecule has 1 saturated carbocycles. The average molecular weight is 370 g/mol. The van der Waals surface area contributed by atoms with Crippen LogP contribution in [-0.4, -0.2) is 47.2 Å². The van der Waals surface area contributed by atoms with Gasteiger partial charge in [-0.3, -0.25) is 9.78 Å². The minimum absolute atomic E-state index is 0.0320. The van der Waals surface area contributed by atoms with Crippen molar-refractivity contribution >= 4 is 23.3 Å². The van der Waals surface area contributed by atoms with E-state index >= 15 is 0 Å². The third-order valence-electron chi connectivity index (χ3n) is 4.94. The van der Waals surface area contributed by atoms with Gasteiger partial charge in [0.2, 0.25) is 5.91 Å². The zero-order valence-electron chi connectivity index (χ0n) is 14.5. The molecule has 0 radical (unpaired) electrons. The van der Waals surface area contributed by atoms with Crippen LogP contribution < -0.4 is 0 Å². The number of rotatable bonds is 5. The van der Waals surface area contributed by atoms with Gasteiger partial charge in [0.05, 0.1) is 25.4 Å². The van der Waals surface area contributed by atoms with Crippen LogP contribution in [0.5, 0.6) is 0 Å². The second-order valence-corrected chi connectivity index (χ2v) is 7.55. The molecule has 6 heteroatoms. The monoisotopic (exact) mass is 370 g/mol. The Morgan fingerprint density at radius 1 is 1.38 bits per heavy atom. The standard InChI is InChI=1S/C20H22N2O3S/c23-19(8-5-16-4-2-12-26-16)22-10-11-24-18-7-6-17(22)20(18)25-14-15-3-1-9-21-13-15/h1-5,8-9,12-13,17-18,20H,6-7,10-11,14H2/b8-5+/t17-,18-,20+/m0/s1. The van der Waals surface area contributed by atoms with Crippen molar-refractivity contribution in [3.05, 3.63) is 58.6 Å². The molecule has 1 amide bonds. The van der Waals surface area contributed by atoms with Crippen molar-refractivity contribution in [2.45, 2.75) is 37.7 Å². The third-order valence-corrected chi connectivity index (χ3v) is 5.78. The first kappa shape index (κ1) is 17.4. The van der Waals surface area contributed by atoms with Gasteiger partial charge in [0.15, 0.2) is 0 Å². The van der Waals surface area contributed by atoms with Crippen molar-refractivity contribution in [2.75, 3.05) is 13.2 Å². The fourth-order valence-corrected chi connectivity index (χ4v) is 4.31. The smallest absolute Gasteiger partial charge is 0.247 e. The zero-order valence-corrected chi connectivity index (χ0v) is 15.3. The summed E-state index contributed by atoms with van der Waals surface area (Å²) in [5, 5.41) is 2.01. The number of aromatic nitrogens is 1. The van der Waals surface area contributed by atoms with Gasteiger partial charge in [-0.15, -0.1) is 11.3 Å². The molecule has 5 nitrogen and oxygen atoms in total. The Kier molecular flexibility index (Phi) is 5.43. The van der Waals surface area contributed by atoms with E-state index in [0.717, 1.165) is 23.3 Å². The largest absolute Gasteiger partial charge is 0.374 e. The zero-order chi connectivity index (χ0) is 17.8. The van der Waals surface area contributed by atoms with Crippen LogP contribution >= 0.6 is 11.3 Å². The predicted octanol–water partition coefficient (Wildman–Crippen LogP) is 3.13. The van der Waals surface area contributed by atoms with Gasteiger partial charge >= 0.3 is 0 Å². The van der Waals surface area contributed by atoms with Crippen LogP contribution in [0.25, 0.3) is 6.08 Å². The number of hydrogen-bond donors (Lipinski definition) is 0. The van der Waals surface area contributed by atoms with Gasteiger partial charge in [-0.2, -0.15) is 0 Å². The van der Waals surface area contributed by atoms with Gasteiger partial charge in [0.25, 0.3) is 0 Å². The highest BCUT2D eigenvalue weighted by Gasteiger charge is 2.44. The van der Waals surface area contributed by atoms with Crippen molar-refractivity contribution in [3.63, 3.8) is 0 Å². The summed E-state index contributed by atoms with van der Waals surface area (Å²) in [5.41, 5.74) is 1.03. The highest BCUT2D eigenvalue weighted by atomic mass is 32.1. The number of fused-ring (bicyclic) bond motifs is 2. The minimum atomic E-state index is -0.0863. The van der Waals surface area contributed by atoms with Gasteiger partial charge in [-0.25, -0.2) is 0 Å². The molecule has 2 bridgehead atoms. The van der Waals surface area contributed by atoms with E-state index in [-0.39, 0.29) is 24.2 Å². The summed E-state index contributed by atoms with van der Waals surface area (Å²) in [6, 6.07) is 7.96. The van der Waals surface area contributed by atoms with E-state index in [2.05, 4.69) is 4.98 Å². The van der Waals surface area contributed by atoms with Gasteiger partial charge in [-0.1, -0.05) is 12.1 Å². The van der Waals surface area contributed by atoms with Crippen LogP contribution in [0.4, 0.5) is 0 Å². The van der Waals surface area contributed by atoms with Gasteiger partial charge in [0, 0.05) is 29.9 Å². The van der Waals surface area contributed by atoms with E-state index in [1.165, 1.54) is 0 Å². The topological polar surface area (TPSA) is 51.7 Å². The Bertz CT molecular complexity index is 748. The summed E-state index contributed by atoms with van der Waals surface area (Å²) in [6.07, 6.45) is 8.95. The van der Waals surface area contributed by atoms with E-state index < -0.39 is 0 Å². The molecule has 2 aliphatic rings. The third kappa shape index (κ3) is 3.87. The van der Waals surface area contributed by atoms with Gasteiger partial charge in [-0.05, 0) is 42.0 Å². The first-order valence-corrected chi connectivity index (χ1v) is 9.83. The van der Waals surface area contributed by atoms with Crippen LogP contribution in [0.2, 0.25) is 0 Å². The molecule has 1 saturated heterocycles. The normalized spacial score (nSPS) is 25.5. The quantitative estimate of drug-likeness (QED) is 0.759. The van der Waals surface area contributed by atoms with Gasteiger partial charge < -0.3 is 14.4 Å². The number of nitrogens with zero attached hydrogens (tertiary/aromatic N) is 2. The van der Waals surface area contributed by atoms with Crippen LogP contribution in [0, 0.1) is 0 Å². The molecule has 0 aromatic carbocycles. The summed E-state index contributed by atoms with van der Waals surface area (Å²) in [6.45, 7) is 1.66. The second-order valence-electron chi connectivity index (χ2n) is 6.57. The lowest BCUT2D eigenvalue weighted by atomic mass is 10.1. The molecule has 2 aromatic rings. The highest BCUT2D eigenvalue weighted by Crippen LogP contribution is 2.32. The van der Waals surface area contributed by atoms with Crippen molar-refractivity contribution in [1.29, 1.82) is 0 Å². The van der Waals surface area contributed by atoms with E-state index in [4.69, 9.17) is 9.47 Å². The lowest BCUT2D eigenvalue weighted by Gasteiger charge is -2.30.